The molecule has 3 N–H and O–H groups in total. The van der Waals surface area contributed by atoms with Gasteiger partial charge in [-0.1, -0.05) is 0 Å². The Morgan fingerprint density at radius 3 is 2.56 bits per heavy atom. The second-order valence-electron chi connectivity index (χ2n) is 4.94. The summed E-state index contributed by atoms with van der Waals surface area (Å²) in [5.41, 5.74) is -0.521. The van der Waals surface area contributed by atoms with Crippen molar-refractivity contribution in [3.8, 4) is 0 Å². The van der Waals surface area contributed by atoms with Crippen molar-refractivity contribution in [2.75, 3.05) is 26.8 Å². The zero-order valence-electron chi connectivity index (χ0n) is 11.0. The molecule has 6 heteroatoms. The van der Waals surface area contributed by atoms with E-state index >= 15 is 0 Å². The largest absolute Gasteiger partial charge is 0.481 e. The SMILES string of the molecule is COCC1(C(=O)NC(C)CC(=O)O)CCNCC1. The van der Waals surface area contributed by atoms with Gasteiger partial charge in [0, 0.05) is 13.2 Å². The smallest absolute Gasteiger partial charge is 0.305 e. The zero-order valence-corrected chi connectivity index (χ0v) is 11.0. The van der Waals surface area contributed by atoms with Crippen molar-refractivity contribution >= 4 is 11.9 Å². The maximum Gasteiger partial charge on any atom is 0.305 e. The standard InChI is InChI=1S/C12H22N2O4/c1-9(7-10(15)16)14-11(17)12(8-18-2)3-5-13-6-4-12/h9,13H,3-8H2,1-2H3,(H,14,17)(H,15,16). The lowest BCUT2D eigenvalue weighted by Crippen LogP contribution is -2.52. The Morgan fingerprint density at radius 1 is 1.44 bits per heavy atom. The van der Waals surface area contributed by atoms with E-state index in [9.17, 15) is 9.59 Å². The van der Waals surface area contributed by atoms with Crippen LogP contribution in [0.15, 0.2) is 0 Å². The molecule has 0 radical (unpaired) electrons. The molecule has 1 aliphatic heterocycles. The summed E-state index contributed by atoms with van der Waals surface area (Å²) in [5.74, 6) is -1.01. The maximum atomic E-state index is 12.3. The number of rotatable bonds is 6. The number of methoxy groups -OCH3 is 1. The highest BCUT2D eigenvalue weighted by molar-refractivity contribution is 5.83. The Hall–Kier alpha value is -1.14. The average Bonchev–Trinajstić information content (AvgIpc) is 2.29. The lowest BCUT2D eigenvalue weighted by Gasteiger charge is -2.36. The molecule has 1 saturated heterocycles. The van der Waals surface area contributed by atoms with E-state index in [1.54, 1.807) is 14.0 Å². The molecule has 1 rings (SSSR count). The van der Waals surface area contributed by atoms with Gasteiger partial charge in [0.15, 0.2) is 0 Å². The fourth-order valence-corrected chi connectivity index (χ4v) is 2.31. The Labute approximate surface area is 107 Å². The first kappa shape index (κ1) is 14.9. The molecule has 0 bridgehead atoms. The second-order valence-corrected chi connectivity index (χ2v) is 4.94. The normalized spacial score (nSPS) is 20.1. The number of carboxylic acid groups (broad SMARTS) is 1. The molecule has 0 aliphatic carbocycles. The first-order valence-electron chi connectivity index (χ1n) is 6.22. The zero-order chi connectivity index (χ0) is 13.6. The molecule has 1 aliphatic rings. The number of ether oxygens (including phenoxy) is 1. The molecular formula is C12H22N2O4. The van der Waals surface area contributed by atoms with Gasteiger partial charge in [-0.15, -0.1) is 0 Å². The molecule has 104 valence electrons. The van der Waals surface area contributed by atoms with Crippen LogP contribution in [-0.2, 0) is 14.3 Å². The van der Waals surface area contributed by atoms with Crippen LogP contribution in [0.5, 0.6) is 0 Å². The van der Waals surface area contributed by atoms with E-state index in [1.807, 2.05) is 0 Å². The van der Waals surface area contributed by atoms with Crippen LogP contribution in [-0.4, -0.2) is 49.8 Å². The van der Waals surface area contributed by atoms with Crippen LogP contribution in [0.3, 0.4) is 0 Å². The first-order chi connectivity index (χ1) is 8.50. The van der Waals surface area contributed by atoms with Crippen molar-refractivity contribution in [2.45, 2.75) is 32.2 Å². The van der Waals surface area contributed by atoms with Gasteiger partial charge in [-0.25, -0.2) is 0 Å². The van der Waals surface area contributed by atoms with Crippen molar-refractivity contribution in [1.29, 1.82) is 0 Å². The van der Waals surface area contributed by atoms with Crippen LogP contribution >= 0.6 is 0 Å². The van der Waals surface area contributed by atoms with Crippen molar-refractivity contribution < 1.29 is 19.4 Å². The topological polar surface area (TPSA) is 87.7 Å². The Kier molecular flexibility index (Phi) is 5.55. The van der Waals surface area contributed by atoms with Crippen LogP contribution in [0.2, 0.25) is 0 Å². The number of amides is 1. The number of nitrogens with one attached hydrogen (secondary N) is 2. The minimum absolute atomic E-state index is 0.0624. The summed E-state index contributed by atoms with van der Waals surface area (Å²) >= 11 is 0. The summed E-state index contributed by atoms with van der Waals surface area (Å²) in [5, 5.41) is 14.7. The maximum absolute atomic E-state index is 12.3. The van der Waals surface area contributed by atoms with Crippen LogP contribution in [0, 0.1) is 5.41 Å². The quantitative estimate of drug-likeness (QED) is 0.623. The number of carboxylic acids is 1. The Morgan fingerprint density at radius 2 is 2.06 bits per heavy atom. The Bertz CT molecular complexity index is 295. The van der Waals surface area contributed by atoms with Crippen LogP contribution < -0.4 is 10.6 Å². The predicted octanol–water partition coefficient (Wildman–Crippen LogP) is -0.0180. The molecule has 0 aromatic heterocycles. The molecule has 1 unspecified atom stereocenters. The lowest BCUT2D eigenvalue weighted by molar-refractivity contribution is -0.139. The van der Waals surface area contributed by atoms with E-state index in [0.717, 1.165) is 13.1 Å². The number of hydrogen-bond acceptors (Lipinski definition) is 4. The fraction of sp³-hybridized carbons (Fsp3) is 0.833. The van der Waals surface area contributed by atoms with Crippen molar-refractivity contribution in [2.24, 2.45) is 5.41 Å². The molecule has 0 aromatic rings. The fourth-order valence-electron chi connectivity index (χ4n) is 2.31. The number of carbonyl (C=O) groups excluding carboxylic acids is 1. The lowest BCUT2D eigenvalue weighted by atomic mass is 9.78. The third-order valence-electron chi connectivity index (χ3n) is 3.32. The number of carbonyl (C=O) groups is 2. The van der Waals surface area contributed by atoms with Gasteiger partial charge in [0.2, 0.25) is 5.91 Å². The highest BCUT2D eigenvalue weighted by Crippen LogP contribution is 2.29. The molecule has 0 spiro atoms. The van der Waals surface area contributed by atoms with Gasteiger partial charge in [-0.2, -0.15) is 0 Å². The molecule has 1 atom stereocenters. The van der Waals surface area contributed by atoms with E-state index in [-0.39, 0.29) is 18.4 Å². The summed E-state index contributed by atoms with van der Waals surface area (Å²) in [7, 11) is 1.58. The number of hydrogen-bond donors (Lipinski definition) is 3. The van der Waals surface area contributed by atoms with Crippen molar-refractivity contribution in [3.63, 3.8) is 0 Å². The van der Waals surface area contributed by atoms with Crippen LogP contribution in [0.1, 0.15) is 26.2 Å². The summed E-state index contributed by atoms with van der Waals surface area (Å²) in [4.78, 5) is 22.9. The Balaban J connectivity index is 2.61. The molecule has 0 saturated carbocycles. The molecule has 1 amide bonds. The number of aliphatic carboxylic acids is 1. The van der Waals surface area contributed by atoms with Gasteiger partial charge in [0.1, 0.15) is 0 Å². The minimum atomic E-state index is -0.908. The second kappa shape index (κ2) is 6.70. The van der Waals surface area contributed by atoms with Gasteiger partial charge in [-0.05, 0) is 32.9 Å². The highest BCUT2D eigenvalue weighted by Gasteiger charge is 2.40. The van der Waals surface area contributed by atoms with Crippen molar-refractivity contribution in [3.05, 3.63) is 0 Å². The van der Waals surface area contributed by atoms with Gasteiger partial charge in [-0.3, -0.25) is 9.59 Å². The third kappa shape index (κ3) is 3.96. The molecule has 1 heterocycles. The van der Waals surface area contributed by atoms with E-state index in [1.165, 1.54) is 0 Å². The molecule has 0 aromatic carbocycles. The molecule has 6 nitrogen and oxygen atoms in total. The van der Waals surface area contributed by atoms with Crippen LogP contribution in [0.4, 0.5) is 0 Å². The molecule has 1 fully saturated rings. The van der Waals surface area contributed by atoms with E-state index in [0.29, 0.717) is 19.4 Å². The monoisotopic (exact) mass is 258 g/mol. The highest BCUT2D eigenvalue weighted by atomic mass is 16.5. The third-order valence-corrected chi connectivity index (χ3v) is 3.32. The summed E-state index contributed by atoms with van der Waals surface area (Å²) in [6, 6.07) is -0.362. The molecular weight excluding hydrogens is 236 g/mol. The van der Waals surface area contributed by atoms with Gasteiger partial charge >= 0.3 is 5.97 Å². The van der Waals surface area contributed by atoms with E-state index in [4.69, 9.17) is 9.84 Å². The first-order valence-corrected chi connectivity index (χ1v) is 6.22. The van der Waals surface area contributed by atoms with Gasteiger partial charge < -0.3 is 20.5 Å². The van der Waals surface area contributed by atoms with Gasteiger partial charge in [0.25, 0.3) is 0 Å². The predicted molar refractivity (Wildman–Crippen MR) is 66.3 cm³/mol. The van der Waals surface area contributed by atoms with Crippen molar-refractivity contribution in [1.82, 2.24) is 10.6 Å². The number of piperidine rings is 1. The van der Waals surface area contributed by atoms with E-state index in [2.05, 4.69) is 10.6 Å². The molecule has 18 heavy (non-hydrogen) atoms. The summed E-state index contributed by atoms with van der Waals surface area (Å²) < 4.78 is 5.16. The minimum Gasteiger partial charge on any atom is -0.481 e. The van der Waals surface area contributed by atoms with E-state index < -0.39 is 11.4 Å². The van der Waals surface area contributed by atoms with Crippen LogP contribution in [0.25, 0.3) is 0 Å². The summed E-state index contributed by atoms with van der Waals surface area (Å²) in [6.45, 7) is 3.64. The van der Waals surface area contributed by atoms with Gasteiger partial charge in [0.05, 0.1) is 18.4 Å². The summed E-state index contributed by atoms with van der Waals surface area (Å²) in [6.07, 6.45) is 1.37. The average molecular weight is 258 g/mol.